The minimum atomic E-state index is 0.866. The van der Waals surface area contributed by atoms with Crippen LogP contribution >= 0.6 is 0 Å². The molecular weight excluding hydrogens is 272 g/mol. The van der Waals surface area contributed by atoms with E-state index in [0.717, 1.165) is 45.8 Å². The van der Waals surface area contributed by atoms with E-state index in [1.54, 1.807) is 0 Å². The molecule has 0 unspecified atom stereocenters. The van der Waals surface area contributed by atoms with Gasteiger partial charge in [0.2, 0.25) is 0 Å². The average Bonchev–Trinajstić information content (AvgIpc) is 2.58. The maximum Gasteiger partial charge on any atom is 0.0594 e. The Morgan fingerprint density at radius 1 is 0.909 bits per heavy atom. The Bertz CT molecular complexity index is 565. The zero-order chi connectivity index (χ0) is 15.0. The SMILES string of the molecule is c1ccc(Cc2ccccc2NCCN2CCOCC2)cc1. The molecule has 0 aliphatic carbocycles. The maximum absolute atomic E-state index is 5.39. The quantitative estimate of drug-likeness (QED) is 0.887. The molecule has 0 bridgehead atoms. The monoisotopic (exact) mass is 296 g/mol. The van der Waals surface area contributed by atoms with Gasteiger partial charge in [-0.15, -0.1) is 0 Å². The van der Waals surface area contributed by atoms with E-state index in [4.69, 9.17) is 4.74 Å². The van der Waals surface area contributed by atoms with Gasteiger partial charge in [-0.05, 0) is 23.6 Å². The molecule has 3 heteroatoms. The molecule has 1 N–H and O–H groups in total. The first kappa shape index (κ1) is 15.1. The summed E-state index contributed by atoms with van der Waals surface area (Å²) in [5, 5.41) is 3.60. The Balaban J connectivity index is 1.56. The van der Waals surface area contributed by atoms with Gasteiger partial charge in [-0.1, -0.05) is 48.5 Å². The van der Waals surface area contributed by atoms with Gasteiger partial charge in [0.25, 0.3) is 0 Å². The number of nitrogens with one attached hydrogen (secondary N) is 1. The highest BCUT2D eigenvalue weighted by Gasteiger charge is 2.09. The number of anilines is 1. The summed E-state index contributed by atoms with van der Waals surface area (Å²) in [5.41, 5.74) is 3.96. The van der Waals surface area contributed by atoms with Crippen LogP contribution in [0.2, 0.25) is 0 Å². The molecule has 116 valence electrons. The maximum atomic E-state index is 5.39. The van der Waals surface area contributed by atoms with Gasteiger partial charge < -0.3 is 10.1 Å². The molecule has 0 spiro atoms. The second-order valence-corrected chi connectivity index (χ2v) is 5.70. The van der Waals surface area contributed by atoms with Crippen LogP contribution in [0, 0.1) is 0 Å². The molecule has 0 amide bonds. The number of benzene rings is 2. The van der Waals surface area contributed by atoms with Crippen LogP contribution < -0.4 is 5.32 Å². The predicted octanol–water partition coefficient (Wildman–Crippen LogP) is 3.02. The molecule has 1 aliphatic heterocycles. The van der Waals surface area contributed by atoms with E-state index in [1.165, 1.54) is 16.8 Å². The molecule has 2 aromatic rings. The number of nitrogens with zero attached hydrogens (tertiary/aromatic N) is 1. The summed E-state index contributed by atoms with van der Waals surface area (Å²) >= 11 is 0. The van der Waals surface area contributed by atoms with E-state index in [2.05, 4.69) is 64.8 Å². The summed E-state index contributed by atoms with van der Waals surface area (Å²) in [7, 11) is 0. The fraction of sp³-hybridized carbons (Fsp3) is 0.368. The Labute approximate surface area is 132 Å². The lowest BCUT2D eigenvalue weighted by Gasteiger charge is -2.26. The van der Waals surface area contributed by atoms with Crippen LogP contribution in [-0.2, 0) is 11.2 Å². The summed E-state index contributed by atoms with van der Waals surface area (Å²) in [6.07, 6.45) is 0.974. The Kier molecular flexibility index (Phi) is 5.46. The first-order valence-electron chi connectivity index (χ1n) is 8.07. The number of ether oxygens (including phenoxy) is 1. The van der Waals surface area contributed by atoms with Gasteiger partial charge in [0.05, 0.1) is 13.2 Å². The van der Waals surface area contributed by atoms with Gasteiger partial charge in [0.1, 0.15) is 0 Å². The van der Waals surface area contributed by atoms with Crippen molar-refractivity contribution in [2.75, 3.05) is 44.7 Å². The highest BCUT2D eigenvalue weighted by Crippen LogP contribution is 2.18. The highest BCUT2D eigenvalue weighted by atomic mass is 16.5. The van der Waals surface area contributed by atoms with Crippen LogP contribution in [0.5, 0.6) is 0 Å². The van der Waals surface area contributed by atoms with Crippen molar-refractivity contribution in [1.82, 2.24) is 4.90 Å². The third-order valence-corrected chi connectivity index (χ3v) is 4.10. The normalized spacial score (nSPS) is 15.6. The van der Waals surface area contributed by atoms with Crippen molar-refractivity contribution in [2.45, 2.75) is 6.42 Å². The molecule has 3 rings (SSSR count). The molecule has 3 nitrogen and oxygen atoms in total. The zero-order valence-electron chi connectivity index (χ0n) is 13.0. The molecule has 0 aromatic heterocycles. The van der Waals surface area contributed by atoms with Crippen LogP contribution in [0.1, 0.15) is 11.1 Å². The molecule has 0 saturated carbocycles. The third kappa shape index (κ3) is 4.33. The first-order chi connectivity index (χ1) is 10.9. The molecule has 2 aromatic carbocycles. The van der Waals surface area contributed by atoms with Crippen molar-refractivity contribution in [3.05, 3.63) is 65.7 Å². The van der Waals surface area contributed by atoms with Gasteiger partial charge in [0, 0.05) is 31.9 Å². The number of hydrogen-bond donors (Lipinski definition) is 1. The largest absolute Gasteiger partial charge is 0.384 e. The lowest BCUT2D eigenvalue weighted by atomic mass is 10.0. The molecule has 1 fully saturated rings. The standard InChI is InChI=1S/C19H24N2O/c1-2-6-17(7-3-1)16-18-8-4-5-9-19(18)20-10-11-21-12-14-22-15-13-21/h1-9,20H,10-16H2. The first-order valence-corrected chi connectivity index (χ1v) is 8.07. The van der Waals surface area contributed by atoms with E-state index in [9.17, 15) is 0 Å². The number of hydrogen-bond acceptors (Lipinski definition) is 3. The lowest BCUT2D eigenvalue weighted by molar-refractivity contribution is 0.0398. The molecule has 0 atom stereocenters. The highest BCUT2D eigenvalue weighted by molar-refractivity contribution is 5.52. The average molecular weight is 296 g/mol. The second kappa shape index (κ2) is 7.97. The molecule has 1 aliphatic rings. The molecular formula is C19H24N2O. The van der Waals surface area contributed by atoms with Gasteiger partial charge in [-0.3, -0.25) is 4.90 Å². The predicted molar refractivity (Wildman–Crippen MR) is 91.4 cm³/mol. The second-order valence-electron chi connectivity index (χ2n) is 5.70. The molecule has 1 saturated heterocycles. The van der Waals surface area contributed by atoms with Crippen LogP contribution in [0.3, 0.4) is 0 Å². The number of rotatable bonds is 6. The van der Waals surface area contributed by atoms with Gasteiger partial charge in [-0.2, -0.15) is 0 Å². The van der Waals surface area contributed by atoms with E-state index in [-0.39, 0.29) is 0 Å². The van der Waals surface area contributed by atoms with Crippen molar-refractivity contribution in [3.8, 4) is 0 Å². The van der Waals surface area contributed by atoms with E-state index >= 15 is 0 Å². The van der Waals surface area contributed by atoms with Gasteiger partial charge in [-0.25, -0.2) is 0 Å². The van der Waals surface area contributed by atoms with Crippen molar-refractivity contribution in [2.24, 2.45) is 0 Å². The number of para-hydroxylation sites is 1. The van der Waals surface area contributed by atoms with Gasteiger partial charge >= 0.3 is 0 Å². The summed E-state index contributed by atoms with van der Waals surface area (Å²) in [6, 6.07) is 19.2. The Hall–Kier alpha value is -1.84. The van der Waals surface area contributed by atoms with Crippen LogP contribution in [0.25, 0.3) is 0 Å². The summed E-state index contributed by atoms with van der Waals surface area (Å²) in [4.78, 5) is 2.45. The lowest BCUT2D eigenvalue weighted by Crippen LogP contribution is -2.39. The van der Waals surface area contributed by atoms with Gasteiger partial charge in [0.15, 0.2) is 0 Å². The van der Waals surface area contributed by atoms with Crippen molar-refractivity contribution < 1.29 is 4.74 Å². The summed E-state index contributed by atoms with van der Waals surface area (Å²) in [6.45, 7) is 5.88. The summed E-state index contributed by atoms with van der Waals surface area (Å²) < 4.78 is 5.39. The van der Waals surface area contributed by atoms with Crippen molar-refractivity contribution in [1.29, 1.82) is 0 Å². The van der Waals surface area contributed by atoms with Crippen molar-refractivity contribution >= 4 is 5.69 Å². The minimum Gasteiger partial charge on any atom is -0.384 e. The topological polar surface area (TPSA) is 24.5 Å². The fourth-order valence-electron chi connectivity index (χ4n) is 2.84. The Morgan fingerprint density at radius 2 is 1.64 bits per heavy atom. The van der Waals surface area contributed by atoms with E-state index in [1.807, 2.05) is 0 Å². The molecule has 22 heavy (non-hydrogen) atoms. The fourth-order valence-corrected chi connectivity index (χ4v) is 2.84. The van der Waals surface area contributed by atoms with E-state index in [0.29, 0.717) is 0 Å². The van der Waals surface area contributed by atoms with Crippen LogP contribution in [0.4, 0.5) is 5.69 Å². The van der Waals surface area contributed by atoms with Crippen LogP contribution in [-0.4, -0.2) is 44.3 Å². The van der Waals surface area contributed by atoms with Crippen molar-refractivity contribution in [3.63, 3.8) is 0 Å². The molecule has 1 heterocycles. The Morgan fingerprint density at radius 3 is 2.45 bits per heavy atom. The van der Waals surface area contributed by atoms with E-state index < -0.39 is 0 Å². The van der Waals surface area contributed by atoms with Crippen LogP contribution in [0.15, 0.2) is 54.6 Å². The summed E-state index contributed by atoms with van der Waals surface area (Å²) in [5.74, 6) is 0. The zero-order valence-corrected chi connectivity index (χ0v) is 13.0. The number of morpholine rings is 1. The molecule has 0 radical (unpaired) electrons. The minimum absolute atomic E-state index is 0.866. The third-order valence-electron chi connectivity index (χ3n) is 4.10. The smallest absolute Gasteiger partial charge is 0.0594 e.